The van der Waals surface area contributed by atoms with E-state index in [0.29, 0.717) is 22.5 Å². The van der Waals surface area contributed by atoms with Crippen LogP contribution in [-0.4, -0.2) is 37.4 Å². The van der Waals surface area contributed by atoms with E-state index in [1.807, 2.05) is 0 Å². The Morgan fingerprint density at radius 2 is 1.14 bits per heavy atom. The number of hydrogen-bond donors (Lipinski definition) is 2. The molecule has 2 amide bonds. The van der Waals surface area contributed by atoms with Crippen molar-refractivity contribution in [2.75, 3.05) is 10.6 Å². The summed E-state index contributed by atoms with van der Waals surface area (Å²) in [5.74, 6) is -0.463. The summed E-state index contributed by atoms with van der Waals surface area (Å²) in [7, 11) is 4.39. The maximum atomic E-state index is 11.0. The third-order valence-electron chi connectivity index (χ3n) is 3.59. The van der Waals surface area contributed by atoms with Gasteiger partial charge in [-0.3, -0.25) is 9.59 Å². The number of benzene rings is 2. The summed E-state index contributed by atoms with van der Waals surface area (Å²) in [6.45, 7) is 6.03. The number of rotatable bonds is 4. The van der Waals surface area contributed by atoms with Gasteiger partial charge in [-0.25, -0.2) is 21.0 Å². The monoisotopic (exact) mass is 616 g/mol. The number of carbonyl (C=O) groups is 2. The van der Waals surface area contributed by atoms with Crippen LogP contribution in [0.25, 0.3) is 0 Å². The largest absolute Gasteiger partial charge is 1.00 e. The van der Waals surface area contributed by atoms with Gasteiger partial charge in [0.15, 0.2) is 0 Å². The van der Waals surface area contributed by atoms with Crippen LogP contribution in [0, 0.1) is 13.8 Å². The van der Waals surface area contributed by atoms with Crippen molar-refractivity contribution in [2.24, 2.45) is 0 Å². The number of anilines is 2. The van der Waals surface area contributed by atoms with E-state index in [-0.39, 0.29) is 51.2 Å². The molecule has 2 aromatic rings. The van der Waals surface area contributed by atoms with Crippen molar-refractivity contribution < 1.29 is 64.7 Å². The van der Waals surface area contributed by atoms with E-state index >= 15 is 0 Å². The van der Waals surface area contributed by atoms with E-state index in [9.17, 15) is 31.0 Å². The molecule has 0 aliphatic heterocycles. The summed E-state index contributed by atoms with van der Waals surface area (Å²) in [5, 5.41) is 5.09. The second-order valence-electron chi connectivity index (χ2n) is 6.39. The van der Waals surface area contributed by atoms with Crippen LogP contribution < -0.4 is 40.2 Å². The van der Waals surface area contributed by atoms with Gasteiger partial charge < -0.3 is 15.2 Å². The van der Waals surface area contributed by atoms with Gasteiger partial charge in [0.2, 0.25) is 21.0 Å². The van der Waals surface area contributed by atoms with Crippen molar-refractivity contribution in [1.82, 2.24) is 0 Å². The summed E-state index contributed by atoms with van der Waals surface area (Å²) in [6.07, 6.45) is 0. The van der Waals surface area contributed by atoms with Crippen LogP contribution in [0.5, 0.6) is 0 Å². The van der Waals surface area contributed by atoms with Crippen molar-refractivity contribution in [3.8, 4) is 0 Å². The van der Waals surface area contributed by atoms with Crippen LogP contribution >= 0.6 is 32.0 Å². The average Bonchev–Trinajstić information content (AvgIpc) is 2.63. The minimum atomic E-state index is -4.43. The molecule has 35 heavy (non-hydrogen) atoms. The van der Waals surface area contributed by atoms with Crippen molar-refractivity contribution in [2.45, 2.75) is 37.5 Å². The Balaban J connectivity index is 0. The van der Waals surface area contributed by atoms with Gasteiger partial charge in [-0.1, -0.05) is 0 Å². The molecule has 0 saturated heterocycles. The fourth-order valence-corrected chi connectivity index (χ4v) is 3.63. The summed E-state index contributed by atoms with van der Waals surface area (Å²) in [6, 6.07) is 8.05. The summed E-state index contributed by atoms with van der Waals surface area (Å²) < 4.78 is 63.1. The predicted octanol–water partition coefficient (Wildman–Crippen LogP) is 0.785. The number of amides is 2. The first-order valence-electron chi connectivity index (χ1n) is 8.76. The molecule has 0 radical (unpaired) electrons. The maximum absolute atomic E-state index is 11.0. The molecule has 0 unspecified atom stereocenters. The fourth-order valence-electron chi connectivity index (χ4n) is 2.24. The summed E-state index contributed by atoms with van der Waals surface area (Å²) in [4.78, 5) is 21.3. The van der Waals surface area contributed by atoms with Gasteiger partial charge in [0.25, 0.3) is 9.05 Å². The molecule has 2 aromatic carbocycles. The second-order valence-corrected chi connectivity index (χ2v) is 12.9. The van der Waals surface area contributed by atoms with Gasteiger partial charge in [-0.15, -0.1) is 0 Å². The molecule has 0 aromatic heterocycles. The average molecular weight is 618 g/mol. The quantitative estimate of drug-likeness (QED) is 0.289. The first kappa shape index (κ1) is 36.4. The Morgan fingerprint density at radius 1 is 0.829 bits per heavy atom. The Morgan fingerprint density at radius 3 is 1.40 bits per heavy atom. The van der Waals surface area contributed by atoms with E-state index < -0.39 is 28.4 Å². The van der Waals surface area contributed by atoms with E-state index in [1.54, 1.807) is 13.8 Å². The molecule has 0 saturated carbocycles. The SMILES string of the molecule is CC(=O)Nc1ccc(S(=O)(=O)Cl)cc1C.CC(=O)Nc1ccc(S(=O)(=O)[O-])cc1C.O=S(Cl)Cl.[Na+]. The Kier molecular flexibility index (Phi) is 16.8. The van der Waals surface area contributed by atoms with Crippen LogP contribution in [0.4, 0.5) is 11.4 Å². The first-order valence-corrected chi connectivity index (χ1v) is 15.3. The number of aryl methyl sites for hydroxylation is 2. The Bertz CT molecular complexity index is 1190. The smallest absolute Gasteiger partial charge is 0.744 e. The fraction of sp³-hybridized carbons (Fsp3) is 0.222. The van der Waals surface area contributed by atoms with Crippen molar-refractivity contribution in [1.29, 1.82) is 0 Å². The topological polar surface area (TPSA) is 167 Å². The van der Waals surface area contributed by atoms with E-state index in [4.69, 9.17) is 14.9 Å². The molecule has 2 rings (SSSR count). The van der Waals surface area contributed by atoms with Crippen LogP contribution in [0.15, 0.2) is 46.2 Å². The zero-order valence-corrected chi connectivity index (χ0v) is 25.8. The number of hydrogen-bond acceptors (Lipinski definition) is 8. The van der Waals surface area contributed by atoms with Gasteiger partial charge in [-0.2, -0.15) is 0 Å². The van der Waals surface area contributed by atoms with Gasteiger partial charge in [-0.05, 0) is 61.4 Å². The molecule has 0 heterocycles. The number of carbonyl (C=O) groups excluding carboxylic acids is 2. The van der Waals surface area contributed by atoms with Gasteiger partial charge in [0.05, 0.1) is 9.79 Å². The molecule has 0 aliphatic carbocycles. The molecular formula is C18H20Cl3N2NaO8S3. The van der Waals surface area contributed by atoms with Crippen LogP contribution in [0.2, 0.25) is 0 Å². The summed E-state index contributed by atoms with van der Waals surface area (Å²) in [5.41, 5.74) is 2.25. The molecule has 17 heteroatoms. The molecule has 0 bridgehead atoms. The standard InChI is InChI=1S/C9H10ClNO3S.C9H11NO4S.Cl2OS.Na/c1-6-5-8(15(10,13)14)3-4-9(6)11-7(2)12;1-6-5-8(15(12,13)14)3-4-9(6)10-7(2)11;1-4(2)3;/h3-5H,1-2H3,(H,11,12);3-5H,1-2H3,(H,10,11)(H,12,13,14);;/q;;;+1/p-1. The number of halogens is 3. The predicted molar refractivity (Wildman–Crippen MR) is 132 cm³/mol. The third-order valence-corrected chi connectivity index (χ3v) is 5.77. The molecule has 0 atom stereocenters. The van der Waals surface area contributed by atoms with E-state index in [1.165, 1.54) is 50.2 Å². The van der Waals surface area contributed by atoms with Crippen LogP contribution in [-0.2, 0) is 38.0 Å². The second kappa shape index (κ2) is 16.2. The zero-order chi connectivity index (χ0) is 26.9. The zero-order valence-electron chi connectivity index (χ0n) is 19.1. The summed E-state index contributed by atoms with van der Waals surface area (Å²) >= 11 is 0. The minimum absolute atomic E-state index is 0. The molecule has 0 fully saturated rings. The van der Waals surface area contributed by atoms with E-state index in [2.05, 4.69) is 32.0 Å². The van der Waals surface area contributed by atoms with Gasteiger partial charge in [0, 0.05) is 57.3 Å². The maximum Gasteiger partial charge on any atom is 1.00 e. The van der Waals surface area contributed by atoms with Gasteiger partial charge in [0.1, 0.15) is 10.1 Å². The Labute approximate surface area is 242 Å². The minimum Gasteiger partial charge on any atom is -0.744 e. The molecule has 2 N–H and O–H groups in total. The molecule has 0 aliphatic rings. The molecule has 10 nitrogen and oxygen atoms in total. The van der Waals surface area contributed by atoms with E-state index in [0.717, 1.165) is 0 Å². The van der Waals surface area contributed by atoms with Crippen molar-refractivity contribution in [3.05, 3.63) is 47.5 Å². The van der Waals surface area contributed by atoms with Crippen molar-refractivity contribution >= 4 is 83.6 Å². The van der Waals surface area contributed by atoms with Crippen LogP contribution in [0.1, 0.15) is 25.0 Å². The van der Waals surface area contributed by atoms with Crippen molar-refractivity contribution in [3.63, 3.8) is 0 Å². The molecular weight excluding hydrogens is 598 g/mol. The number of nitrogens with one attached hydrogen (secondary N) is 2. The molecule has 0 spiro atoms. The Hall–Kier alpha value is -0.740. The normalized spacial score (nSPS) is 10.5. The van der Waals surface area contributed by atoms with Gasteiger partial charge >= 0.3 is 29.6 Å². The molecule has 190 valence electrons. The third kappa shape index (κ3) is 15.9. The van der Waals surface area contributed by atoms with Crippen LogP contribution in [0.3, 0.4) is 0 Å². The first-order chi connectivity index (χ1) is 15.3.